The molecule has 1 fully saturated rings. The van der Waals surface area contributed by atoms with Crippen LogP contribution in [0, 0.1) is 13.8 Å². The molecule has 0 atom stereocenters. The van der Waals surface area contributed by atoms with Crippen molar-refractivity contribution < 1.29 is 18.0 Å². The summed E-state index contributed by atoms with van der Waals surface area (Å²) in [6, 6.07) is 6.92. The largest absolute Gasteiger partial charge is 0.433 e. The molecule has 1 aromatic heterocycles. The van der Waals surface area contributed by atoms with Gasteiger partial charge in [-0.05, 0) is 31.0 Å². The highest BCUT2D eigenvalue weighted by Crippen LogP contribution is 2.30. The fourth-order valence-electron chi connectivity index (χ4n) is 3.23. The summed E-state index contributed by atoms with van der Waals surface area (Å²) in [6.45, 7) is 6.28. The van der Waals surface area contributed by atoms with Crippen molar-refractivity contribution in [2.75, 3.05) is 31.1 Å². The maximum atomic E-state index is 12.9. The van der Waals surface area contributed by atoms with E-state index < -0.39 is 17.8 Å². The molecule has 1 amide bonds. The third-order valence-corrected chi connectivity index (χ3v) is 4.87. The molecule has 26 heavy (non-hydrogen) atoms. The normalized spacial score (nSPS) is 15.5. The Kier molecular flexibility index (Phi) is 4.68. The lowest BCUT2D eigenvalue weighted by Crippen LogP contribution is -2.49. The topological polar surface area (TPSA) is 41.4 Å². The van der Waals surface area contributed by atoms with E-state index in [1.165, 1.54) is 18.2 Å². The Hall–Kier alpha value is -2.51. The van der Waals surface area contributed by atoms with Gasteiger partial charge in [0.2, 0.25) is 0 Å². The molecule has 1 aliphatic heterocycles. The van der Waals surface area contributed by atoms with E-state index in [1.807, 2.05) is 12.1 Å². The van der Waals surface area contributed by atoms with Gasteiger partial charge in [0, 0.05) is 45.0 Å². The minimum absolute atomic E-state index is 0.167. The number of benzene rings is 1. The number of carbonyl (C=O) groups is 1. The number of piperazine rings is 1. The van der Waals surface area contributed by atoms with Crippen LogP contribution in [-0.4, -0.2) is 46.8 Å². The van der Waals surface area contributed by atoms with Crippen LogP contribution >= 0.6 is 0 Å². The van der Waals surface area contributed by atoms with Gasteiger partial charge in [-0.2, -0.15) is 18.3 Å². The maximum Gasteiger partial charge on any atom is 0.433 e. The second kappa shape index (κ2) is 6.66. The van der Waals surface area contributed by atoms with Crippen LogP contribution in [0.15, 0.2) is 24.3 Å². The first-order valence-electron chi connectivity index (χ1n) is 8.40. The predicted molar refractivity (Wildman–Crippen MR) is 92.2 cm³/mol. The molecule has 0 aliphatic carbocycles. The van der Waals surface area contributed by atoms with Gasteiger partial charge in [-0.1, -0.05) is 12.1 Å². The van der Waals surface area contributed by atoms with E-state index in [1.54, 1.807) is 4.90 Å². The summed E-state index contributed by atoms with van der Waals surface area (Å²) in [6.07, 6.45) is -4.53. The van der Waals surface area contributed by atoms with Crippen LogP contribution in [0.2, 0.25) is 0 Å². The summed E-state index contributed by atoms with van der Waals surface area (Å²) >= 11 is 0. The molecule has 1 aliphatic rings. The summed E-state index contributed by atoms with van der Waals surface area (Å²) in [5.74, 6) is -0.461. The van der Waals surface area contributed by atoms with E-state index in [2.05, 4.69) is 29.9 Å². The Morgan fingerprint density at radius 1 is 1.12 bits per heavy atom. The smallest absolute Gasteiger partial charge is 0.368 e. The van der Waals surface area contributed by atoms with Gasteiger partial charge < -0.3 is 9.80 Å². The van der Waals surface area contributed by atoms with Gasteiger partial charge >= 0.3 is 6.18 Å². The molecular formula is C18H21F3N4O. The number of anilines is 1. The van der Waals surface area contributed by atoms with Crippen molar-refractivity contribution in [2.24, 2.45) is 7.05 Å². The molecule has 0 radical (unpaired) electrons. The predicted octanol–water partition coefficient (Wildman–Crippen LogP) is 3.02. The molecule has 1 saturated heterocycles. The van der Waals surface area contributed by atoms with E-state index in [-0.39, 0.29) is 5.69 Å². The second-order valence-corrected chi connectivity index (χ2v) is 6.53. The van der Waals surface area contributed by atoms with Crippen LogP contribution < -0.4 is 4.90 Å². The lowest BCUT2D eigenvalue weighted by molar-refractivity contribution is -0.143. The molecule has 1 aromatic carbocycles. The Morgan fingerprint density at radius 2 is 1.77 bits per heavy atom. The zero-order chi connectivity index (χ0) is 19.1. The van der Waals surface area contributed by atoms with Gasteiger partial charge in [-0.15, -0.1) is 0 Å². The number of aryl methyl sites for hydroxylation is 2. The van der Waals surface area contributed by atoms with Crippen molar-refractivity contribution in [2.45, 2.75) is 20.0 Å². The molecule has 5 nitrogen and oxygen atoms in total. The number of aromatic nitrogens is 2. The number of nitrogens with zero attached hydrogens (tertiary/aromatic N) is 4. The molecule has 3 rings (SSSR count). The Morgan fingerprint density at radius 3 is 2.35 bits per heavy atom. The number of amides is 1. The molecule has 2 aromatic rings. The second-order valence-electron chi connectivity index (χ2n) is 6.53. The minimum Gasteiger partial charge on any atom is -0.368 e. The first kappa shape index (κ1) is 18.3. The molecular weight excluding hydrogens is 345 g/mol. The highest BCUT2D eigenvalue weighted by atomic mass is 19.4. The van der Waals surface area contributed by atoms with Gasteiger partial charge in [-0.3, -0.25) is 9.48 Å². The zero-order valence-corrected chi connectivity index (χ0v) is 15.0. The zero-order valence-electron chi connectivity index (χ0n) is 15.0. The highest BCUT2D eigenvalue weighted by Gasteiger charge is 2.36. The fraction of sp³-hybridized carbons (Fsp3) is 0.444. The van der Waals surface area contributed by atoms with Gasteiger partial charge in [-0.25, -0.2) is 0 Å². The standard InChI is InChI=1S/C18H21F3N4O/c1-12-5-4-6-15(13(12)2)24-7-9-25(10-8-24)17(26)14-11-16(18(19,20)21)23(3)22-14/h4-6,11H,7-10H2,1-3H3. The summed E-state index contributed by atoms with van der Waals surface area (Å²) in [5.41, 5.74) is 2.45. The minimum atomic E-state index is -4.53. The third kappa shape index (κ3) is 3.40. The average molecular weight is 366 g/mol. The van der Waals surface area contributed by atoms with Crippen molar-refractivity contribution in [3.05, 3.63) is 46.8 Å². The number of hydrogen-bond acceptors (Lipinski definition) is 3. The monoisotopic (exact) mass is 366 g/mol. The SMILES string of the molecule is Cc1cccc(N2CCN(C(=O)c3cc(C(F)(F)F)n(C)n3)CC2)c1C. The van der Waals surface area contributed by atoms with Gasteiger partial charge in [0.15, 0.2) is 5.69 Å². The fourth-order valence-corrected chi connectivity index (χ4v) is 3.23. The summed E-state index contributed by atoms with van der Waals surface area (Å²) in [4.78, 5) is 16.3. The first-order valence-corrected chi connectivity index (χ1v) is 8.40. The van der Waals surface area contributed by atoms with E-state index in [0.29, 0.717) is 30.9 Å². The quantitative estimate of drug-likeness (QED) is 0.821. The molecule has 0 N–H and O–H groups in total. The number of carbonyl (C=O) groups excluding carboxylic acids is 1. The highest BCUT2D eigenvalue weighted by molar-refractivity contribution is 5.92. The maximum absolute atomic E-state index is 12.9. The van der Waals surface area contributed by atoms with E-state index in [0.717, 1.165) is 11.8 Å². The molecule has 0 saturated carbocycles. The summed E-state index contributed by atoms with van der Waals surface area (Å²) in [7, 11) is 1.19. The van der Waals surface area contributed by atoms with Gasteiger partial charge in [0.05, 0.1) is 0 Å². The number of hydrogen-bond donors (Lipinski definition) is 0. The van der Waals surface area contributed by atoms with Crippen molar-refractivity contribution in [1.82, 2.24) is 14.7 Å². The van der Waals surface area contributed by atoms with Crippen LogP contribution in [0.3, 0.4) is 0 Å². The molecule has 0 unspecified atom stereocenters. The van der Waals surface area contributed by atoms with Crippen molar-refractivity contribution in [3.63, 3.8) is 0 Å². The van der Waals surface area contributed by atoms with Crippen LogP contribution in [-0.2, 0) is 13.2 Å². The number of rotatable bonds is 2. The summed E-state index contributed by atoms with van der Waals surface area (Å²) in [5, 5.41) is 3.75. The van der Waals surface area contributed by atoms with Crippen LogP contribution in [0.1, 0.15) is 27.3 Å². The number of halogens is 3. The van der Waals surface area contributed by atoms with Crippen LogP contribution in [0.4, 0.5) is 18.9 Å². The van der Waals surface area contributed by atoms with Gasteiger partial charge in [0.1, 0.15) is 5.69 Å². The Balaban J connectivity index is 1.70. The molecule has 0 bridgehead atoms. The van der Waals surface area contributed by atoms with Crippen molar-refractivity contribution >= 4 is 11.6 Å². The average Bonchev–Trinajstić information content (AvgIpc) is 2.99. The van der Waals surface area contributed by atoms with Gasteiger partial charge in [0.25, 0.3) is 5.91 Å². The third-order valence-electron chi connectivity index (χ3n) is 4.87. The Bertz CT molecular complexity index is 820. The van der Waals surface area contributed by atoms with E-state index in [4.69, 9.17) is 0 Å². The first-order chi connectivity index (χ1) is 12.2. The van der Waals surface area contributed by atoms with Crippen LogP contribution in [0.25, 0.3) is 0 Å². The van der Waals surface area contributed by atoms with E-state index >= 15 is 0 Å². The summed E-state index contributed by atoms with van der Waals surface area (Å²) < 4.78 is 39.4. The van der Waals surface area contributed by atoms with Crippen LogP contribution in [0.5, 0.6) is 0 Å². The molecule has 0 spiro atoms. The lowest BCUT2D eigenvalue weighted by atomic mass is 10.1. The molecule has 2 heterocycles. The van der Waals surface area contributed by atoms with Crippen molar-refractivity contribution in [3.8, 4) is 0 Å². The van der Waals surface area contributed by atoms with E-state index in [9.17, 15) is 18.0 Å². The number of alkyl halides is 3. The Labute approximate surface area is 150 Å². The lowest BCUT2D eigenvalue weighted by Gasteiger charge is -2.36. The molecule has 8 heteroatoms. The van der Waals surface area contributed by atoms with Crippen molar-refractivity contribution in [1.29, 1.82) is 0 Å². The molecule has 140 valence electrons.